The van der Waals surface area contributed by atoms with Gasteiger partial charge in [0.05, 0.1) is 22.6 Å². The van der Waals surface area contributed by atoms with Crippen molar-refractivity contribution in [2.45, 2.75) is 19.9 Å². The molecule has 1 aromatic rings. The van der Waals surface area contributed by atoms with E-state index in [0.717, 1.165) is 6.07 Å². The van der Waals surface area contributed by atoms with E-state index in [4.69, 9.17) is 28.3 Å². The minimum absolute atomic E-state index is 0.0155. The molecule has 0 spiro atoms. The van der Waals surface area contributed by atoms with Gasteiger partial charge in [0.1, 0.15) is 5.02 Å². The number of nitro benzene ring substituents is 1. The van der Waals surface area contributed by atoms with Gasteiger partial charge in [-0.3, -0.25) is 14.9 Å². The van der Waals surface area contributed by atoms with Gasteiger partial charge in [-0.05, 0) is 12.0 Å². The molecule has 1 amide bonds. The Morgan fingerprint density at radius 1 is 1.45 bits per heavy atom. The van der Waals surface area contributed by atoms with Crippen LogP contribution in [-0.2, 0) is 0 Å². The van der Waals surface area contributed by atoms with Gasteiger partial charge in [0.25, 0.3) is 11.6 Å². The molecule has 0 saturated carbocycles. The molecule has 1 aromatic carbocycles. The van der Waals surface area contributed by atoms with Crippen LogP contribution in [0.15, 0.2) is 12.1 Å². The van der Waals surface area contributed by atoms with E-state index < -0.39 is 22.6 Å². The molecular formula is C12H14Cl2N2O4. The Balaban J connectivity index is 3.08. The molecule has 0 aliphatic heterocycles. The van der Waals surface area contributed by atoms with Crippen molar-refractivity contribution >= 4 is 34.8 Å². The fourth-order valence-corrected chi connectivity index (χ4v) is 1.91. The molecule has 0 heterocycles. The predicted octanol–water partition coefficient (Wildman–Crippen LogP) is 2.65. The minimum atomic E-state index is -0.711. The van der Waals surface area contributed by atoms with Crippen LogP contribution >= 0.6 is 23.2 Å². The first-order valence-corrected chi connectivity index (χ1v) is 6.58. The van der Waals surface area contributed by atoms with Crippen LogP contribution in [0.1, 0.15) is 24.2 Å². The summed E-state index contributed by atoms with van der Waals surface area (Å²) >= 11 is 11.5. The van der Waals surface area contributed by atoms with Crippen molar-refractivity contribution in [1.82, 2.24) is 5.32 Å². The summed E-state index contributed by atoms with van der Waals surface area (Å²) in [6.07, 6.45) is 0. The van der Waals surface area contributed by atoms with Crippen LogP contribution < -0.4 is 5.32 Å². The number of hydrogen-bond donors (Lipinski definition) is 2. The maximum atomic E-state index is 12.0. The van der Waals surface area contributed by atoms with Crippen LogP contribution in [-0.4, -0.2) is 28.6 Å². The van der Waals surface area contributed by atoms with Gasteiger partial charge < -0.3 is 10.4 Å². The topological polar surface area (TPSA) is 92.5 Å². The van der Waals surface area contributed by atoms with Crippen LogP contribution in [0, 0.1) is 16.0 Å². The average Bonchev–Trinajstić information content (AvgIpc) is 2.37. The normalized spacial score (nSPS) is 12.3. The van der Waals surface area contributed by atoms with E-state index >= 15 is 0 Å². The molecule has 0 aliphatic carbocycles. The Bertz CT molecular complexity index is 534. The molecule has 0 unspecified atom stereocenters. The molecule has 1 atom stereocenters. The summed E-state index contributed by atoms with van der Waals surface area (Å²) in [5, 5.41) is 22.3. The second-order valence-electron chi connectivity index (χ2n) is 4.55. The number of aliphatic hydroxyl groups excluding tert-OH is 1. The smallest absolute Gasteiger partial charge is 0.290 e. The Kier molecular flexibility index (Phi) is 5.74. The molecule has 0 fully saturated rings. The summed E-state index contributed by atoms with van der Waals surface area (Å²) in [6.45, 7) is 3.43. The van der Waals surface area contributed by atoms with E-state index in [0.29, 0.717) is 0 Å². The fourth-order valence-electron chi connectivity index (χ4n) is 1.51. The van der Waals surface area contributed by atoms with Crippen molar-refractivity contribution in [2.75, 3.05) is 6.61 Å². The van der Waals surface area contributed by atoms with Gasteiger partial charge in [0, 0.05) is 11.6 Å². The highest BCUT2D eigenvalue weighted by atomic mass is 35.5. The molecule has 0 saturated heterocycles. The first kappa shape index (κ1) is 16.7. The van der Waals surface area contributed by atoms with Crippen molar-refractivity contribution in [1.29, 1.82) is 0 Å². The standard InChI is InChI=1S/C12H14Cl2N2O4/c1-6(2)9(5-17)15-12(18)7-3-8(13)11(14)10(4-7)16(19)20/h3-4,6,9,17H,5H2,1-2H3,(H,15,18)/t9-/m1/s1. The number of hydrogen-bond acceptors (Lipinski definition) is 4. The summed E-state index contributed by atoms with van der Waals surface area (Å²) in [6, 6.07) is 1.86. The second kappa shape index (κ2) is 6.88. The summed E-state index contributed by atoms with van der Waals surface area (Å²) in [4.78, 5) is 22.1. The molecule has 0 radical (unpaired) electrons. The van der Waals surface area contributed by atoms with Crippen molar-refractivity contribution in [3.05, 3.63) is 37.9 Å². The fraction of sp³-hybridized carbons (Fsp3) is 0.417. The third kappa shape index (κ3) is 3.82. The number of nitro groups is 1. The lowest BCUT2D eigenvalue weighted by atomic mass is 10.0. The summed E-state index contributed by atoms with van der Waals surface area (Å²) in [5.74, 6) is -0.541. The van der Waals surface area contributed by atoms with Crippen LogP contribution in [0.4, 0.5) is 5.69 Å². The van der Waals surface area contributed by atoms with Crippen LogP contribution in [0.5, 0.6) is 0 Å². The largest absolute Gasteiger partial charge is 0.394 e. The molecule has 8 heteroatoms. The van der Waals surface area contributed by atoms with Crippen LogP contribution in [0.2, 0.25) is 10.0 Å². The number of carbonyl (C=O) groups excluding carboxylic acids is 1. The lowest BCUT2D eigenvalue weighted by Crippen LogP contribution is -2.41. The SMILES string of the molecule is CC(C)[C@@H](CO)NC(=O)c1cc(Cl)c(Cl)c([N+](=O)[O-])c1. The minimum Gasteiger partial charge on any atom is -0.394 e. The molecule has 2 N–H and O–H groups in total. The number of carbonyl (C=O) groups is 1. The predicted molar refractivity (Wildman–Crippen MR) is 76.3 cm³/mol. The molecule has 20 heavy (non-hydrogen) atoms. The van der Waals surface area contributed by atoms with Gasteiger partial charge in [0.15, 0.2) is 0 Å². The van der Waals surface area contributed by atoms with Crippen molar-refractivity contribution in [3.8, 4) is 0 Å². The quantitative estimate of drug-likeness (QED) is 0.644. The highest BCUT2D eigenvalue weighted by molar-refractivity contribution is 6.43. The number of rotatable bonds is 5. The maximum absolute atomic E-state index is 12.0. The van der Waals surface area contributed by atoms with Gasteiger partial charge in [-0.2, -0.15) is 0 Å². The lowest BCUT2D eigenvalue weighted by molar-refractivity contribution is -0.384. The molecule has 0 aromatic heterocycles. The Labute approximate surface area is 125 Å². The zero-order valence-corrected chi connectivity index (χ0v) is 12.4. The third-order valence-corrected chi connectivity index (χ3v) is 3.58. The molecule has 6 nitrogen and oxygen atoms in total. The Morgan fingerprint density at radius 3 is 2.50 bits per heavy atom. The number of nitrogens with one attached hydrogen (secondary N) is 1. The molecular weight excluding hydrogens is 307 g/mol. The molecule has 0 bridgehead atoms. The highest BCUT2D eigenvalue weighted by Gasteiger charge is 2.22. The Morgan fingerprint density at radius 2 is 2.05 bits per heavy atom. The van der Waals surface area contributed by atoms with Gasteiger partial charge in [-0.15, -0.1) is 0 Å². The average molecular weight is 321 g/mol. The number of aliphatic hydroxyl groups is 1. The van der Waals surface area contributed by atoms with Crippen molar-refractivity contribution in [3.63, 3.8) is 0 Å². The summed E-state index contributed by atoms with van der Waals surface area (Å²) in [7, 11) is 0. The van der Waals surface area contributed by atoms with Gasteiger partial charge in [-0.25, -0.2) is 0 Å². The highest BCUT2D eigenvalue weighted by Crippen LogP contribution is 2.33. The third-order valence-electron chi connectivity index (χ3n) is 2.79. The monoisotopic (exact) mass is 320 g/mol. The van der Waals surface area contributed by atoms with E-state index in [1.165, 1.54) is 6.07 Å². The second-order valence-corrected chi connectivity index (χ2v) is 5.34. The van der Waals surface area contributed by atoms with Gasteiger partial charge >= 0.3 is 0 Å². The van der Waals surface area contributed by atoms with E-state index in [1.54, 1.807) is 0 Å². The lowest BCUT2D eigenvalue weighted by Gasteiger charge is -2.19. The van der Waals surface area contributed by atoms with Crippen LogP contribution in [0.25, 0.3) is 0 Å². The van der Waals surface area contributed by atoms with Crippen molar-refractivity contribution in [2.24, 2.45) is 5.92 Å². The van der Waals surface area contributed by atoms with E-state index in [-0.39, 0.29) is 28.1 Å². The zero-order chi connectivity index (χ0) is 15.4. The van der Waals surface area contributed by atoms with Crippen molar-refractivity contribution < 1.29 is 14.8 Å². The van der Waals surface area contributed by atoms with Crippen LogP contribution in [0.3, 0.4) is 0 Å². The number of halogens is 2. The van der Waals surface area contributed by atoms with E-state index in [1.807, 2.05) is 13.8 Å². The van der Waals surface area contributed by atoms with Gasteiger partial charge in [0.2, 0.25) is 0 Å². The zero-order valence-electron chi connectivity index (χ0n) is 10.9. The maximum Gasteiger partial charge on any atom is 0.290 e. The first-order chi connectivity index (χ1) is 9.27. The summed E-state index contributed by atoms with van der Waals surface area (Å²) < 4.78 is 0. The van der Waals surface area contributed by atoms with E-state index in [2.05, 4.69) is 5.32 Å². The summed E-state index contributed by atoms with van der Waals surface area (Å²) in [5.41, 5.74) is -0.417. The van der Waals surface area contributed by atoms with E-state index in [9.17, 15) is 14.9 Å². The molecule has 110 valence electrons. The first-order valence-electron chi connectivity index (χ1n) is 5.83. The van der Waals surface area contributed by atoms with Gasteiger partial charge in [-0.1, -0.05) is 37.0 Å². The number of benzene rings is 1. The number of nitrogens with zero attached hydrogens (tertiary/aromatic N) is 1. The molecule has 0 aliphatic rings. The molecule has 1 rings (SSSR count). The Hall–Kier alpha value is -1.37. The number of amides is 1.